The Hall–Kier alpha value is -1.10. The molecule has 2 saturated heterocycles. The van der Waals surface area contributed by atoms with Crippen molar-refractivity contribution in [2.75, 3.05) is 13.1 Å². The fourth-order valence-electron chi connectivity index (χ4n) is 2.33. The first kappa shape index (κ1) is 11.4. The third-order valence-electron chi connectivity index (χ3n) is 3.46. The molecule has 2 atom stereocenters. The average molecular weight is 225 g/mol. The van der Waals surface area contributed by atoms with Crippen molar-refractivity contribution in [2.24, 2.45) is 0 Å². The molecule has 0 aliphatic carbocycles. The van der Waals surface area contributed by atoms with Gasteiger partial charge in [-0.25, -0.2) is 0 Å². The molecule has 2 aliphatic heterocycles. The second kappa shape index (κ2) is 4.41. The summed E-state index contributed by atoms with van der Waals surface area (Å²) < 4.78 is 0. The van der Waals surface area contributed by atoms with Crippen LogP contribution in [0, 0.1) is 0 Å². The summed E-state index contributed by atoms with van der Waals surface area (Å²) >= 11 is 0. The molecule has 0 aromatic carbocycles. The van der Waals surface area contributed by atoms with Crippen LogP contribution in [0.1, 0.15) is 32.6 Å². The zero-order valence-corrected chi connectivity index (χ0v) is 9.64. The van der Waals surface area contributed by atoms with Crippen LogP contribution in [0.5, 0.6) is 0 Å². The van der Waals surface area contributed by atoms with Crippen molar-refractivity contribution < 1.29 is 9.59 Å². The van der Waals surface area contributed by atoms with Gasteiger partial charge in [-0.1, -0.05) is 0 Å². The summed E-state index contributed by atoms with van der Waals surface area (Å²) in [5.74, 6) is 0.135. The molecule has 0 bridgehead atoms. The first-order chi connectivity index (χ1) is 7.60. The summed E-state index contributed by atoms with van der Waals surface area (Å²) in [6.45, 7) is 3.38. The predicted molar refractivity (Wildman–Crippen MR) is 59.8 cm³/mol. The maximum Gasteiger partial charge on any atom is 0.240 e. The van der Waals surface area contributed by atoms with E-state index in [4.69, 9.17) is 0 Å². The van der Waals surface area contributed by atoms with Gasteiger partial charge in [-0.05, 0) is 32.7 Å². The van der Waals surface area contributed by atoms with Crippen LogP contribution in [0.15, 0.2) is 0 Å². The highest BCUT2D eigenvalue weighted by Gasteiger charge is 2.36. The Morgan fingerprint density at radius 3 is 3.00 bits per heavy atom. The Labute approximate surface area is 95.3 Å². The number of hydrogen-bond donors (Lipinski definition) is 3. The Bertz CT molecular complexity index is 298. The quantitative estimate of drug-likeness (QED) is 0.608. The number of amides is 2. The van der Waals surface area contributed by atoms with Crippen LogP contribution < -0.4 is 16.0 Å². The Morgan fingerprint density at radius 2 is 2.44 bits per heavy atom. The number of carbonyl (C=O) groups excluding carboxylic acids is 2. The van der Waals surface area contributed by atoms with E-state index in [-0.39, 0.29) is 17.9 Å². The molecule has 0 aromatic rings. The lowest BCUT2D eigenvalue weighted by Crippen LogP contribution is -2.53. The summed E-state index contributed by atoms with van der Waals surface area (Å²) in [6.07, 6.45) is 3.33. The molecule has 0 aromatic heterocycles. The highest BCUT2D eigenvalue weighted by molar-refractivity contribution is 5.86. The van der Waals surface area contributed by atoms with Crippen LogP contribution in [-0.2, 0) is 9.59 Å². The largest absolute Gasteiger partial charge is 0.352 e. The highest BCUT2D eigenvalue weighted by atomic mass is 16.2. The minimum atomic E-state index is -0.414. The van der Waals surface area contributed by atoms with Crippen molar-refractivity contribution in [3.63, 3.8) is 0 Å². The van der Waals surface area contributed by atoms with Crippen molar-refractivity contribution in [3.8, 4) is 0 Å². The van der Waals surface area contributed by atoms with Gasteiger partial charge in [-0.2, -0.15) is 0 Å². The summed E-state index contributed by atoms with van der Waals surface area (Å²) in [5, 5.41) is 8.97. The van der Waals surface area contributed by atoms with E-state index in [2.05, 4.69) is 16.0 Å². The lowest BCUT2D eigenvalue weighted by molar-refractivity contribution is -0.126. The zero-order valence-electron chi connectivity index (χ0n) is 9.64. The number of hydrogen-bond acceptors (Lipinski definition) is 3. The van der Waals surface area contributed by atoms with Crippen molar-refractivity contribution in [1.29, 1.82) is 0 Å². The van der Waals surface area contributed by atoms with Crippen molar-refractivity contribution in [1.82, 2.24) is 16.0 Å². The first-order valence-electron chi connectivity index (χ1n) is 5.93. The topological polar surface area (TPSA) is 70.2 Å². The van der Waals surface area contributed by atoms with Crippen LogP contribution in [0.4, 0.5) is 0 Å². The Morgan fingerprint density at radius 1 is 1.62 bits per heavy atom. The molecular weight excluding hydrogens is 206 g/mol. The third-order valence-corrected chi connectivity index (χ3v) is 3.46. The lowest BCUT2D eigenvalue weighted by atomic mass is 9.99. The maximum atomic E-state index is 11.9. The van der Waals surface area contributed by atoms with Gasteiger partial charge in [0, 0.05) is 19.0 Å². The molecule has 0 spiro atoms. The molecule has 2 rings (SSSR count). The number of nitrogens with one attached hydrogen (secondary N) is 3. The van der Waals surface area contributed by atoms with Gasteiger partial charge in [0.1, 0.15) is 0 Å². The Balaban J connectivity index is 1.77. The number of carbonyl (C=O) groups is 2. The molecule has 2 unspecified atom stereocenters. The summed E-state index contributed by atoms with van der Waals surface area (Å²) in [7, 11) is 0. The standard InChI is InChI=1S/C11H19N3O2/c1-11(5-2-6-13-11)10(16)12-7-8-3-4-9(15)14-8/h8,13H,2-7H2,1H3,(H,12,16)(H,14,15). The van der Waals surface area contributed by atoms with Gasteiger partial charge >= 0.3 is 0 Å². The second-order valence-electron chi connectivity index (χ2n) is 4.88. The average Bonchev–Trinajstić information content (AvgIpc) is 2.85. The molecule has 2 amide bonds. The van der Waals surface area contributed by atoms with Crippen molar-refractivity contribution in [2.45, 2.75) is 44.2 Å². The fraction of sp³-hybridized carbons (Fsp3) is 0.818. The van der Waals surface area contributed by atoms with E-state index >= 15 is 0 Å². The van der Waals surface area contributed by atoms with E-state index < -0.39 is 5.54 Å². The summed E-state index contributed by atoms with van der Waals surface area (Å²) in [6, 6.07) is 0.112. The van der Waals surface area contributed by atoms with Crippen LogP contribution in [-0.4, -0.2) is 36.5 Å². The minimum absolute atomic E-state index is 0.0474. The van der Waals surface area contributed by atoms with Gasteiger partial charge in [0.25, 0.3) is 0 Å². The van der Waals surface area contributed by atoms with Gasteiger partial charge < -0.3 is 16.0 Å². The second-order valence-corrected chi connectivity index (χ2v) is 4.88. The predicted octanol–water partition coefficient (Wildman–Crippen LogP) is -0.477. The van der Waals surface area contributed by atoms with E-state index in [0.29, 0.717) is 13.0 Å². The van der Waals surface area contributed by atoms with Crippen molar-refractivity contribution in [3.05, 3.63) is 0 Å². The van der Waals surface area contributed by atoms with E-state index in [1.54, 1.807) is 0 Å². The molecule has 2 fully saturated rings. The van der Waals surface area contributed by atoms with Crippen LogP contribution in [0.3, 0.4) is 0 Å². The van der Waals surface area contributed by atoms with Gasteiger partial charge in [-0.15, -0.1) is 0 Å². The minimum Gasteiger partial charge on any atom is -0.352 e. The molecule has 0 saturated carbocycles. The van der Waals surface area contributed by atoms with Gasteiger partial charge in [0.15, 0.2) is 0 Å². The van der Waals surface area contributed by atoms with Crippen LogP contribution in [0.25, 0.3) is 0 Å². The summed E-state index contributed by atoms with van der Waals surface area (Å²) in [4.78, 5) is 22.9. The third kappa shape index (κ3) is 2.35. The van der Waals surface area contributed by atoms with Gasteiger partial charge in [0.05, 0.1) is 5.54 Å². The fourth-order valence-corrected chi connectivity index (χ4v) is 2.33. The van der Waals surface area contributed by atoms with Crippen LogP contribution in [0.2, 0.25) is 0 Å². The monoisotopic (exact) mass is 225 g/mol. The molecule has 0 radical (unpaired) electrons. The maximum absolute atomic E-state index is 11.9. The zero-order chi connectivity index (χ0) is 11.6. The van der Waals surface area contributed by atoms with Crippen molar-refractivity contribution >= 4 is 11.8 Å². The first-order valence-corrected chi connectivity index (χ1v) is 5.93. The molecule has 16 heavy (non-hydrogen) atoms. The molecule has 5 nitrogen and oxygen atoms in total. The molecule has 2 aliphatic rings. The smallest absolute Gasteiger partial charge is 0.240 e. The molecule has 90 valence electrons. The summed E-state index contributed by atoms with van der Waals surface area (Å²) in [5.41, 5.74) is -0.414. The van der Waals surface area contributed by atoms with E-state index in [0.717, 1.165) is 25.8 Å². The van der Waals surface area contributed by atoms with E-state index in [1.807, 2.05) is 6.92 Å². The molecule has 5 heteroatoms. The van der Waals surface area contributed by atoms with Gasteiger partial charge in [0.2, 0.25) is 11.8 Å². The highest BCUT2D eigenvalue weighted by Crippen LogP contribution is 2.18. The SMILES string of the molecule is CC1(C(=O)NCC2CCC(=O)N2)CCCN1. The van der Waals surface area contributed by atoms with E-state index in [9.17, 15) is 9.59 Å². The number of rotatable bonds is 3. The lowest BCUT2D eigenvalue weighted by Gasteiger charge is -2.24. The Kier molecular flexibility index (Phi) is 3.14. The normalized spacial score (nSPS) is 33.8. The van der Waals surface area contributed by atoms with Gasteiger partial charge in [-0.3, -0.25) is 9.59 Å². The molecule has 2 heterocycles. The molecular formula is C11H19N3O2. The van der Waals surface area contributed by atoms with E-state index in [1.165, 1.54) is 0 Å². The molecule has 3 N–H and O–H groups in total. The van der Waals surface area contributed by atoms with Crippen LogP contribution >= 0.6 is 0 Å².